The molecule has 0 saturated heterocycles. The van der Waals surface area contributed by atoms with Crippen molar-refractivity contribution >= 4 is 54.2 Å². The number of carbonyl (C=O) groups excluding carboxylic acids is 1. The van der Waals surface area contributed by atoms with Crippen LogP contribution < -0.4 is 20.6 Å². The van der Waals surface area contributed by atoms with Crippen molar-refractivity contribution in [2.45, 2.75) is 4.90 Å². The number of para-hydroxylation sites is 1. The van der Waals surface area contributed by atoms with Crippen LogP contribution in [0.5, 0.6) is 0 Å². The van der Waals surface area contributed by atoms with Crippen molar-refractivity contribution in [3.05, 3.63) is 87.6 Å². The molecule has 2 heterocycles. The Hall–Kier alpha value is -4.16. The molecule has 4 N–H and O–H groups in total. The number of hydrogen-bond donors (Lipinski definition) is 4. The average Bonchev–Trinajstić information content (AvgIpc) is 3.36. The highest BCUT2D eigenvalue weighted by Crippen LogP contribution is 2.20. The quantitative estimate of drug-likeness (QED) is 0.279. The van der Waals surface area contributed by atoms with Crippen LogP contribution in [0.3, 0.4) is 0 Å². The van der Waals surface area contributed by atoms with Crippen molar-refractivity contribution in [1.29, 1.82) is 0 Å². The number of nitrogens with one attached hydrogen (secondary N) is 4. The molecule has 0 aliphatic heterocycles. The Balaban J connectivity index is 1.31. The van der Waals surface area contributed by atoms with E-state index in [2.05, 4.69) is 25.2 Å². The van der Waals surface area contributed by atoms with Gasteiger partial charge in [0, 0.05) is 18.3 Å². The van der Waals surface area contributed by atoms with E-state index in [0.717, 1.165) is 10.2 Å². The van der Waals surface area contributed by atoms with Crippen molar-refractivity contribution in [2.24, 2.45) is 12.1 Å². The van der Waals surface area contributed by atoms with E-state index in [4.69, 9.17) is 0 Å². The summed E-state index contributed by atoms with van der Waals surface area (Å²) in [5.41, 5.74) is 4.63. The molecule has 10 nitrogen and oxygen atoms in total. The lowest BCUT2D eigenvalue weighted by molar-refractivity contribution is 0.0953. The molecular formula is C22H18N6O4S2. The number of anilines is 1. The Morgan fingerprint density at radius 3 is 2.50 bits per heavy atom. The molecule has 5 aromatic rings. The molecule has 0 radical (unpaired) electrons. The van der Waals surface area contributed by atoms with E-state index in [9.17, 15) is 18.0 Å². The van der Waals surface area contributed by atoms with Gasteiger partial charge in [-0.3, -0.25) is 9.52 Å². The van der Waals surface area contributed by atoms with Crippen molar-refractivity contribution in [2.75, 3.05) is 4.72 Å². The lowest BCUT2D eigenvalue weighted by Crippen LogP contribution is -2.23. The number of fused-ring (bicyclic) bond motifs is 2. The predicted molar refractivity (Wildman–Crippen MR) is 130 cm³/mol. The lowest BCUT2D eigenvalue weighted by Gasteiger charge is -2.09. The molecule has 3 aromatic carbocycles. The van der Waals surface area contributed by atoms with Gasteiger partial charge in [-0.05, 0) is 54.6 Å². The first-order chi connectivity index (χ1) is 16.3. The van der Waals surface area contributed by atoms with E-state index < -0.39 is 21.6 Å². The Morgan fingerprint density at radius 2 is 1.74 bits per heavy atom. The number of aryl methyl sites for hydroxylation is 1. The van der Waals surface area contributed by atoms with Gasteiger partial charge in [-0.15, -0.1) is 5.10 Å². The minimum absolute atomic E-state index is 0.00734. The van der Waals surface area contributed by atoms with Gasteiger partial charge in [-0.2, -0.15) is 0 Å². The highest BCUT2D eigenvalue weighted by Gasteiger charge is 2.16. The second kappa shape index (κ2) is 8.32. The number of H-pyrrole nitrogens is 2. The van der Waals surface area contributed by atoms with Gasteiger partial charge >= 0.3 is 5.69 Å². The molecule has 0 bridgehead atoms. The maximum Gasteiger partial charge on any atom is 0.323 e. The summed E-state index contributed by atoms with van der Waals surface area (Å²) in [5, 5.41) is 4.21. The van der Waals surface area contributed by atoms with Gasteiger partial charge in [0.05, 0.1) is 26.1 Å². The number of aromatic nitrogens is 3. The number of imidazole rings is 1. The first kappa shape index (κ1) is 21.7. The van der Waals surface area contributed by atoms with Crippen molar-refractivity contribution in [3.63, 3.8) is 0 Å². The normalized spacial score (nSPS) is 12.3. The summed E-state index contributed by atoms with van der Waals surface area (Å²) in [6, 6.07) is 18.1. The molecule has 0 saturated carbocycles. The zero-order chi connectivity index (χ0) is 23.9. The number of thiazole rings is 1. The summed E-state index contributed by atoms with van der Waals surface area (Å²) >= 11 is 1.45. The molecule has 0 spiro atoms. The number of benzene rings is 3. The van der Waals surface area contributed by atoms with Gasteiger partial charge in [-0.1, -0.05) is 23.5 Å². The first-order valence-electron chi connectivity index (χ1n) is 10.0. The number of amides is 1. The third kappa shape index (κ3) is 4.11. The van der Waals surface area contributed by atoms with Crippen molar-refractivity contribution in [3.8, 4) is 0 Å². The summed E-state index contributed by atoms with van der Waals surface area (Å²) in [4.78, 5) is 29.6. The van der Waals surface area contributed by atoms with Crippen molar-refractivity contribution < 1.29 is 13.2 Å². The van der Waals surface area contributed by atoms with Gasteiger partial charge in [0.25, 0.3) is 15.9 Å². The smallest absolute Gasteiger partial charge is 0.318 e. The summed E-state index contributed by atoms with van der Waals surface area (Å²) in [5.74, 6) is -0.422. The molecule has 0 unspecified atom stereocenters. The SMILES string of the molecule is Cn1/c(=N\NC(=O)c2ccc(NS(=O)(=O)c3ccc4[nH]c(=O)[nH]c4c3)cc2)sc2ccccc21. The van der Waals surface area contributed by atoms with E-state index in [-0.39, 0.29) is 10.6 Å². The molecule has 5 rings (SSSR count). The fourth-order valence-electron chi connectivity index (χ4n) is 3.43. The molecule has 12 heteroatoms. The third-order valence-electron chi connectivity index (χ3n) is 5.16. The van der Waals surface area contributed by atoms with E-state index in [1.54, 1.807) is 0 Å². The summed E-state index contributed by atoms with van der Waals surface area (Å²) in [6.07, 6.45) is 0. The fourth-order valence-corrected chi connectivity index (χ4v) is 5.50. The van der Waals surface area contributed by atoms with E-state index in [1.807, 2.05) is 35.9 Å². The fraction of sp³-hybridized carbons (Fsp3) is 0.0455. The Kier molecular flexibility index (Phi) is 5.30. The summed E-state index contributed by atoms with van der Waals surface area (Å²) in [7, 11) is -2.03. The van der Waals surface area contributed by atoms with Crippen LogP contribution in [-0.2, 0) is 17.1 Å². The van der Waals surface area contributed by atoms with Crippen molar-refractivity contribution in [1.82, 2.24) is 20.0 Å². The number of aromatic amines is 2. The zero-order valence-corrected chi connectivity index (χ0v) is 19.3. The van der Waals surface area contributed by atoms with Crippen LogP contribution in [0.1, 0.15) is 10.4 Å². The zero-order valence-electron chi connectivity index (χ0n) is 17.7. The number of rotatable bonds is 5. The van der Waals surface area contributed by atoms with Gasteiger partial charge in [0.15, 0.2) is 0 Å². The predicted octanol–water partition coefficient (Wildman–Crippen LogP) is 2.46. The average molecular weight is 495 g/mol. The molecule has 0 fully saturated rings. The minimum Gasteiger partial charge on any atom is -0.318 e. The Morgan fingerprint density at radius 1 is 1.00 bits per heavy atom. The second-order valence-electron chi connectivity index (χ2n) is 7.43. The second-order valence-corrected chi connectivity index (χ2v) is 10.1. The molecule has 2 aromatic heterocycles. The Bertz CT molecular complexity index is 1780. The topological polar surface area (TPSA) is 141 Å². The van der Waals surface area contributed by atoms with Crippen LogP contribution in [0.4, 0.5) is 5.69 Å². The van der Waals surface area contributed by atoms with E-state index in [0.29, 0.717) is 21.4 Å². The first-order valence-corrected chi connectivity index (χ1v) is 12.3. The van der Waals surface area contributed by atoms with Crippen LogP contribution in [0.25, 0.3) is 21.3 Å². The molecule has 0 atom stereocenters. The highest BCUT2D eigenvalue weighted by molar-refractivity contribution is 7.92. The van der Waals surface area contributed by atoms with Gasteiger partial charge in [0.2, 0.25) is 4.80 Å². The van der Waals surface area contributed by atoms with Crippen LogP contribution >= 0.6 is 11.3 Å². The molecular weight excluding hydrogens is 476 g/mol. The summed E-state index contributed by atoms with van der Waals surface area (Å²) < 4.78 is 30.9. The van der Waals surface area contributed by atoms with Crippen LogP contribution in [0.15, 0.2) is 81.5 Å². The highest BCUT2D eigenvalue weighted by atomic mass is 32.2. The molecule has 34 heavy (non-hydrogen) atoms. The third-order valence-corrected chi connectivity index (χ3v) is 7.66. The van der Waals surface area contributed by atoms with E-state index >= 15 is 0 Å². The minimum atomic E-state index is -3.90. The maximum absolute atomic E-state index is 12.7. The molecule has 172 valence electrons. The lowest BCUT2D eigenvalue weighted by atomic mass is 10.2. The van der Waals surface area contributed by atoms with Crippen LogP contribution in [0, 0.1) is 0 Å². The Labute approximate surface area is 196 Å². The number of hydrogen-bond acceptors (Lipinski definition) is 6. The van der Waals surface area contributed by atoms with Crippen LogP contribution in [0.2, 0.25) is 0 Å². The van der Waals surface area contributed by atoms with Crippen LogP contribution in [-0.4, -0.2) is 28.9 Å². The maximum atomic E-state index is 12.7. The number of carbonyl (C=O) groups is 1. The monoisotopic (exact) mass is 494 g/mol. The number of nitrogens with zero attached hydrogens (tertiary/aromatic N) is 2. The standard InChI is InChI=1S/C22H18N6O4S2/c1-28-18-4-2-3-5-19(18)33-22(28)26-25-20(29)13-6-8-14(9-7-13)27-34(31,32)15-10-11-16-17(12-15)24-21(30)23-16/h2-12,27H,1H3,(H,25,29)(H2,23,24,30)/b26-22+. The number of sulfonamides is 1. The van der Waals surface area contributed by atoms with Gasteiger partial charge in [-0.25, -0.2) is 18.6 Å². The molecule has 1 amide bonds. The van der Waals surface area contributed by atoms with Gasteiger partial charge < -0.3 is 14.5 Å². The van der Waals surface area contributed by atoms with Gasteiger partial charge in [0.1, 0.15) is 0 Å². The van der Waals surface area contributed by atoms with E-state index in [1.165, 1.54) is 53.8 Å². The molecule has 0 aliphatic rings. The largest absolute Gasteiger partial charge is 0.323 e. The summed E-state index contributed by atoms with van der Waals surface area (Å²) in [6.45, 7) is 0. The molecule has 0 aliphatic carbocycles.